The fourth-order valence-electron chi connectivity index (χ4n) is 2.53. The SMILES string of the molecule is CC(C)NC(C)(C#N)CCCN(C)C1CCOC1. The van der Waals surface area contributed by atoms with Crippen LogP contribution in [0.4, 0.5) is 0 Å². The van der Waals surface area contributed by atoms with Gasteiger partial charge in [-0.1, -0.05) is 0 Å². The van der Waals surface area contributed by atoms with Gasteiger partial charge in [-0.3, -0.25) is 5.32 Å². The Labute approximate surface area is 111 Å². The first-order valence-corrected chi connectivity index (χ1v) is 6.94. The van der Waals surface area contributed by atoms with E-state index in [4.69, 9.17) is 4.74 Å². The van der Waals surface area contributed by atoms with Crippen LogP contribution in [0.3, 0.4) is 0 Å². The van der Waals surface area contributed by atoms with Crippen molar-refractivity contribution < 1.29 is 4.74 Å². The van der Waals surface area contributed by atoms with Crippen molar-refractivity contribution in [3.05, 3.63) is 0 Å². The molecule has 0 spiro atoms. The van der Waals surface area contributed by atoms with Gasteiger partial charge in [-0.25, -0.2) is 0 Å². The van der Waals surface area contributed by atoms with Gasteiger partial charge in [-0.15, -0.1) is 0 Å². The summed E-state index contributed by atoms with van der Waals surface area (Å²) in [6, 6.07) is 3.31. The summed E-state index contributed by atoms with van der Waals surface area (Å²) in [5.74, 6) is 0. The molecule has 1 aliphatic rings. The Morgan fingerprint density at radius 1 is 1.56 bits per heavy atom. The molecule has 104 valence electrons. The van der Waals surface area contributed by atoms with Gasteiger partial charge in [0.2, 0.25) is 0 Å². The zero-order valence-electron chi connectivity index (χ0n) is 12.2. The highest BCUT2D eigenvalue weighted by atomic mass is 16.5. The van der Waals surface area contributed by atoms with Crippen molar-refractivity contribution in [3.63, 3.8) is 0 Å². The van der Waals surface area contributed by atoms with Crippen LogP contribution < -0.4 is 5.32 Å². The molecule has 0 aromatic heterocycles. The number of ether oxygens (including phenoxy) is 1. The van der Waals surface area contributed by atoms with Gasteiger partial charge < -0.3 is 9.64 Å². The topological polar surface area (TPSA) is 48.3 Å². The van der Waals surface area contributed by atoms with Crippen molar-refractivity contribution in [2.75, 3.05) is 26.8 Å². The lowest BCUT2D eigenvalue weighted by molar-refractivity contribution is 0.157. The van der Waals surface area contributed by atoms with Crippen molar-refractivity contribution in [1.82, 2.24) is 10.2 Å². The molecule has 1 saturated heterocycles. The van der Waals surface area contributed by atoms with Crippen LogP contribution in [0.5, 0.6) is 0 Å². The lowest BCUT2D eigenvalue weighted by Gasteiger charge is -2.28. The molecule has 1 rings (SSSR count). The predicted octanol–water partition coefficient (Wildman–Crippen LogP) is 1.77. The Morgan fingerprint density at radius 2 is 2.28 bits per heavy atom. The molecule has 0 aromatic carbocycles. The smallest absolute Gasteiger partial charge is 0.104 e. The minimum Gasteiger partial charge on any atom is -0.380 e. The second-order valence-corrected chi connectivity index (χ2v) is 5.84. The molecule has 0 saturated carbocycles. The predicted molar refractivity (Wildman–Crippen MR) is 73.4 cm³/mol. The van der Waals surface area contributed by atoms with Gasteiger partial charge in [0.1, 0.15) is 5.54 Å². The number of likely N-dealkylation sites (N-methyl/N-ethyl adjacent to an activating group) is 1. The maximum Gasteiger partial charge on any atom is 0.104 e. The van der Waals surface area contributed by atoms with E-state index in [1.807, 2.05) is 6.92 Å². The van der Waals surface area contributed by atoms with Crippen molar-refractivity contribution >= 4 is 0 Å². The summed E-state index contributed by atoms with van der Waals surface area (Å²) in [5, 5.41) is 12.6. The van der Waals surface area contributed by atoms with Crippen LogP contribution in [-0.4, -0.2) is 49.3 Å². The average molecular weight is 253 g/mol. The minimum atomic E-state index is -0.402. The van der Waals surface area contributed by atoms with Gasteiger partial charge in [-0.05, 0) is 53.6 Å². The quantitative estimate of drug-likeness (QED) is 0.751. The van der Waals surface area contributed by atoms with E-state index in [2.05, 4.69) is 37.2 Å². The van der Waals surface area contributed by atoms with E-state index in [9.17, 15) is 5.26 Å². The Morgan fingerprint density at radius 3 is 2.78 bits per heavy atom. The first kappa shape index (κ1) is 15.4. The van der Waals surface area contributed by atoms with Gasteiger partial charge in [0, 0.05) is 18.7 Å². The van der Waals surface area contributed by atoms with E-state index < -0.39 is 5.54 Å². The lowest BCUT2D eigenvalue weighted by atomic mass is 9.96. The first-order valence-electron chi connectivity index (χ1n) is 6.94. The standard InChI is InChI=1S/C14H27N3O/c1-12(2)16-14(3,11-15)7-5-8-17(4)13-6-9-18-10-13/h12-13,16H,5-10H2,1-4H3. The van der Waals surface area contributed by atoms with Gasteiger partial charge >= 0.3 is 0 Å². The molecule has 0 bridgehead atoms. The zero-order chi connectivity index (χ0) is 13.6. The van der Waals surface area contributed by atoms with Gasteiger partial charge in [0.15, 0.2) is 0 Å². The van der Waals surface area contributed by atoms with E-state index in [0.717, 1.165) is 39.0 Å². The number of hydrogen-bond donors (Lipinski definition) is 1. The molecule has 2 unspecified atom stereocenters. The summed E-state index contributed by atoms with van der Waals surface area (Å²) in [7, 11) is 2.15. The van der Waals surface area contributed by atoms with Crippen LogP contribution in [0.25, 0.3) is 0 Å². The second-order valence-electron chi connectivity index (χ2n) is 5.84. The molecule has 1 N–H and O–H groups in total. The largest absolute Gasteiger partial charge is 0.380 e. The summed E-state index contributed by atoms with van der Waals surface area (Å²) in [6.07, 6.45) is 3.06. The number of nitriles is 1. The molecular weight excluding hydrogens is 226 g/mol. The molecule has 0 amide bonds. The van der Waals surface area contributed by atoms with Crippen LogP contribution in [0, 0.1) is 11.3 Å². The molecule has 1 fully saturated rings. The molecule has 1 heterocycles. The number of rotatable bonds is 7. The molecule has 4 nitrogen and oxygen atoms in total. The fraction of sp³-hybridized carbons (Fsp3) is 0.929. The summed E-state index contributed by atoms with van der Waals surface area (Å²) in [6.45, 7) is 8.93. The van der Waals surface area contributed by atoms with Crippen LogP contribution in [0.1, 0.15) is 40.0 Å². The van der Waals surface area contributed by atoms with E-state index in [1.165, 1.54) is 0 Å². The third kappa shape index (κ3) is 4.93. The number of nitrogens with one attached hydrogen (secondary N) is 1. The Bertz CT molecular complexity index is 281. The molecule has 2 atom stereocenters. The van der Waals surface area contributed by atoms with Crippen LogP contribution in [0.2, 0.25) is 0 Å². The number of hydrogen-bond acceptors (Lipinski definition) is 4. The van der Waals surface area contributed by atoms with E-state index in [1.54, 1.807) is 0 Å². The van der Waals surface area contributed by atoms with Crippen LogP contribution in [0.15, 0.2) is 0 Å². The maximum absolute atomic E-state index is 9.26. The zero-order valence-corrected chi connectivity index (χ0v) is 12.2. The molecular formula is C14H27N3O. The van der Waals surface area contributed by atoms with Crippen molar-refractivity contribution in [2.45, 2.75) is 57.7 Å². The van der Waals surface area contributed by atoms with E-state index in [-0.39, 0.29) is 0 Å². The second kappa shape index (κ2) is 7.08. The highest BCUT2D eigenvalue weighted by Gasteiger charge is 2.25. The maximum atomic E-state index is 9.26. The Balaban J connectivity index is 2.28. The molecule has 4 heteroatoms. The van der Waals surface area contributed by atoms with E-state index in [0.29, 0.717) is 12.1 Å². The molecule has 0 aromatic rings. The summed E-state index contributed by atoms with van der Waals surface area (Å²) in [5.41, 5.74) is -0.402. The molecule has 1 aliphatic heterocycles. The Kier molecular flexibility index (Phi) is 6.07. The minimum absolute atomic E-state index is 0.343. The molecule has 18 heavy (non-hydrogen) atoms. The highest BCUT2D eigenvalue weighted by Crippen LogP contribution is 2.15. The fourth-order valence-corrected chi connectivity index (χ4v) is 2.53. The monoisotopic (exact) mass is 253 g/mol. The van der Waals surface area contributed by atoms with Gasteiger partial charge in [0.25, 0.3) is 0 Å². The summed E-state index contributed by atoms with van der Waals surface area (Å²) >= 11 is 0. The van der Waals surface area contributed by atoms with Crippen LogP contribution in [-0.2, 0) is 4.74 Å². The highest BCUT2D eigenvalue weighted by molar-refractivity contribution is 5.04. The Hall–Kier alpha value is -0.630. The average Bonchev–Trinajstić information content (AvgIpc) is 2.81. The lowest BCUT2D eigenvalue weighted by Crippen LogP contribution is -2.45. The summed E-state index contributed by atoms with van der Waals surface area (Å²) < 4.78 is 5.39. The van der Waals surface area contributed by atoms with Gasteiger partial charge in [0.05, 0.1) is 12.7 Å². The van der Waals surface area contributed by atoms with Crippen molar-refractivity contribution in [1.29, 1.82) is 5.26 Å². The van der Waals surface area contributed by atoms with Gasteiger partial charge in [-0.2, -0.15) is 5.26 Å². The first-order chi connectivity index (χ1) is 8.47. The number of nitrogens with zero attached hydrogens (tertiary/aromatic N) is 2. The van der Waals surface area contributed by atoms with Crippen LogP contribution >= 0.6 is 0 Å². The van der Waals surface area contributed by atoms with E-state index >= 15 is 0 Å². The normalized spacial score (nSPS) is 23.3. The van der Waals surface area contributed by atoms with Crippen molar-refractivity contribution in [2.24, 2.45) is 0 Å². The molecule has 0 radical (unpaired) electrons. The molecule has 0 aliphatic carbocycles. The third-order valence-electron chi connectivity index (χ3n) is 3.57. The van der Waals surface area contributed by atoms with Crippen molar-refractivity contribution in [3.8, 4) is 6.07 Å². The summed E-state index contributed by atoms with van der Waals surface area (Å²) in [4.78, 5) is 2.36. The third-order valence-corrected chi connectivity index (χ3v) is 3.57.